The molecule has 0 unspecified atom stereocenters. The Balaban J connectivity index is 3.20. The van der Waals surface area contributed by atoms with Crippen LogP contribution >= 0.6 is 0 Å². The highest BCUT2D eigenvalue weighted by Crippen LogP contribution is 2.15. The van der Waals surface area contributed by atoms with E-state index in [0.29, 0.717) is 6.54 Å². The monoisotopic (exact) mass is 536 g/mol. The number of hydrogen-bond acceptors (Lipinski definition) is 1. The highest BCUT2D eigenvalue weighted by atomic mass is 16.5. The second-order valence-corrected chi connectivity index (χ2v) is 12.4. The van der Waals surface area contributed by atoms with E-state index in [1.54, 1.807) is 0 Å². The fourth-order valence-electron chi connectivity index (χ4n) is 5.66. The molecule has 0 amide bonds. The molecule has 0 aromatic heterocycles. The molecule has 228 valence electrons. The van der Waals surface area contributed by atoms with Gasteiger partial charge in [-0.3, -0.25) is 0 Å². The van der Waals surface area contributed by atoms with Crippen LogP contribution in [-0.2, 0) is 0 Å². The van der Waals surface area contributed by atoms with Gasteiger partial charge < -0.3 is 5.21 Å². The van der Waals surface area contributed by atoms with Crippen LogP contribution in [0.1, 0.15) is 219 Å². The zero-order valence-corrected chi connectivity index (χ0v) is 26.8. The van der Waals surface area contributed by atoms with Crippen LogP contribution in [0.3, 0.4) is 0 Å². The minimum atomic E-state index is 0.706. The molecule has 38 heavy (non-hydrogen) atoms. The van der Waals surface area contributed by atoms with Crippen molar-refractivity contribution in [3.05, 3.63) is 5.21 Å². The summed E-state index contributed by atoms with van der Waals surface area (Å²) in [5.74, 6) is 0. The molecule has 0 spiro atoms. The van der Waals surface area contributed by atoms with Gasteiger partial charge in [-0.05, 0) is 12.8 Å². The van der Waals surface area contributed by atoms with E-state index in [1.807, 2.05) is 6.21 Å². The second-order valence-electron chi connectivity index (χ2n) is 12.4. The molecule has 0 aliphatic carbocycles. The molecule has 0 heterocycles. The maximum absolute atomic E-state index is 12.0. The largest absolute Gasteiger partial charge is 0.624 e. The normalized spacial score (nSPS) is 12.0. The smallest absolute Gasteiger partial charge is 0.153 e. The Labute approximate surface area is 241 Å². The average Bonchev–Trinajstić information content (AvgIpc) is 2.92. The number of unbranched alkanes of at least 4 members (excludes halogenated alkanes) is 30. The first-order valence-corrected chi connectivity index (χ1v) is 18.1. The highest BCUT2D eigenvalue weighted by molar-refractivity contribution is 5.50. The van der Waals surface area contributed by atoms with Crippen molar-refractivity contribution in [1.82, 2.24) is 0 Å². The van der Waals surface area contributed by atoms with Crippen LogP contribution in [0.5, 0.6) is 0 Å². The van der Waals surface area contributed by atoms with E-state index in [1.165, 1.54) is 197 Å². The fourth-order valence-corrected chi connectivity index (χ4v) is 5.66. The number of hydroxylamine groups is 1. The van der Waals surface area contributed by atoms with E-state index in [0.717, 1.165) is 12.8 Å². The van der Waals surface area contributed by atoms with Gasteiger partial charge in [-0.1, -0.05) is 194 Å². The lowest BCUT2D eigenvalue weighted by Crippen LogP contribution is -2.06. The van der Waals surface area contributed by atoms with Crippen molar-refractivity contribution in [2.75, 3.05) is 6.54 Å². The minimum Gasteiger partial charge on any atom is -0.624 e. The van der Waals surface area contributed by atoms with Crippen LogP contribution < -0.4 is 0 Å². The number of rotatable bonds is 33. The van der Waals surface area contributed by atoms with Gasteiger partial charge in [0.05, 0.1) is 0 Å². The summed E-state index contributed by atoms with van der Waals surface area (Å²) in [6, 6.07) is 0. The SMILES string of the molecule is CCCCCCCCCCCCCCCCC/C=[N+](\[O-])CCCCCCCCCCCCCCCCCC. The third kappa shape index (κ3) is 33.5. The van der Waals surface area contributed by atoms with Crippen LogP contribution in [0.4, 0.5) is 0 Å². The molecule has 0 saturated heterocycles. The Bertz CT molecular complexity index is 447. The molecule has 0 rings (SSSR count). The zero-order chi connectivity index (χ0) is 27.6. The Kier molecular flexibility index (Phi) is 34.0. The van der Waals surface area contributed by atoms with Crippen LogP contribution in [0.15, 0.2) is 0 Å². The maximum Gasteiger partial charge on any atom is 0.153 e. The van der Waals surface area contributed by atoms with Crippen molar-refractivity contribution in [2.45, 2.75) is 219 Å². The van der Waals surface area contributed by atoms with Crippen LogP contribution in [0.2, 0.25) is 0 Å². The average molecular weight is 536 g/mol. The summed E-state index contributed by atoms with van der Waals surface area (Å²) < 4.78 is 1.22. The lowest BCUT2D eigenvalue weighted by Gasteiger charge is -2.05. The van der Waals surface area contributed by atoms with Gasteiger partial charge in [-0.2, -0.15) is 0 Å². The summed E-state index contributed by atoms with van der Waals surface area (Å²) in [7, 11) is 0. The Hall–Kier alpha value is -0.530. The highest BCUT2D eigenvalue weighted by Gasteiger charge is 1.98. The predicted octanol–water partition coefficient (Wildman–Crippen LogP) is 13.1. The van der Waals surface area contributed by atoms with E-state index < -0.39 is 0 Å². The molecule has 2 nitrogen and oxygen atoms in total. The molecular formula is C36H73NO. The maximum atomic E-state index is 12.0. The van der Waals surface area contributed by atoms with Crippen LogP contribution in [0.25, 0.3) is 0 Å². The molecule has 0 atom stereocenters. The van der Waals surface area contributed by atoms with Crippen molar-refractivity contribution in [1.29, 1.82) is 0 Å². The van der Waals surface area contributed by atoms with E-state index in [4.69, 9.17) is 0 Å². The first-order valence-electron chi connectivity index (χ1n) is 18.1. The minimum absolute atomic E-state index is 0.706. The molecule has 2 heteroatoms. The van der Waals surface area contributed by atoms with E-state index in [-0.39, 0.29) is 0 Å². The quantitative estimate of drug-likeness (QED) is 0.0270. The van der Waals surface area contributed by atoms with Crippen LogP contribution in [-0.4, -0.2) is 17.5 Å². The summed E-state index contributed by atoms with van der Waals surface area (Å²) in [5.41, 5.74) is 0. The third-order valence-corrected chi connectivity index (χ3v) is 8.37. The molecule has 0 N–H and O–H groups in total. The number of nitrogens with zero attached hydrogens (tertiary/aromatic N) is 1. The zero-order valence-electron chi connectivity index (χ0n) is 26.8. The Morgan fingerprint density at radius 1 is 0.342 bits per heavy atom. The summed E-state index contributed by atoms with van der Waals surface area (Å²) in [6.45, 7) is 5.29. The lowest BCUT2D eigenvalue weighted by molar-refractivity contribution is -0.454. The van der Waals surface area contributed by atoms with Crippen molar-refractivity contribution < 1.29 is 4.74 Å². The van der Waals surface area contributed by atoms with Crippen molar-refractivity contribution in [3.63, 3.8) is 0 Å². The fraction of sp³-hybridized carbons (Fsp3) is 0.972. The van der Waals surface area contributed by atoms with Gasteiger partial charge in [0.2, 0.25) is 0 Å². The van der Waals surface area contributed by atoms with E-state index in [9.17, 15) is 5.21 Å². The van der Waals surface area contributed by atoms with Gasteiger partial charge in [-0.15, -0.1) is 0 Å². The summed E-state index contributed by atoms with van der Waals surface area (Å²) >= 11 is 0. The molecule has 0 aliphatic heterocycles. The molecule has 0 bridgehead atoms. The summed E-state index contributed by atoms with van der Waals surface area (Å²) in [5, 5.41) is 12.0. The van der Waals surface area contributed by atoms with Crippen LogP contribution in [0, 0.1) is 5.21 Å². The molecular weight excluding hydrogens is 462 g/mol. The van der Waals surface area contributed by atoms with Gasteiger partial charge in [0.25, 0.3) is 0 Å². The third-order valence-electron chi connectivity index (χ3n) is 8.37. The first-order chi connectivity index (χ1) is 18.8. The Morgan fingerprint density at radius 2 is 0.579 bits per heavy atom. The molecule has 0 radical (unpaired) electrons. The van der Waals surface area contributed by atoms with Gasteiger partial charge in [0, 0.05) is 12.8 Å². The van der Waals surface area contributed by atoms with Crippen molar-refractivity contribution in [2.24, 2.45) is 0 Å². The molecule has 0 aliphatic rings. The van der Waals surface area contributed by atoms with E-state index in [2.05, 4.69) is 13.8 Å². The predicted molar refractivity (Wildman–Crippen MR) is 174 cm³/mol. The molecule has 0 aromatic carbocycles. The van der Waals surface area contributed by atoms with Crippen molar-refractivity contribution in [3.8, 4) is 0 Å². The van der Waals surface area contributed by atoms with Gasteiger partial charge in [-0.25, -0.2) is 4.74 Å². The second kappa shape index (κ2) is 34.5. The number of hydrogen-bond donors (Lipinski definition) is 0. The van der Waals surface area contributed by atoms with Gasteiger partial charge in [0.1, 0.15) is 0 Å². The summed E-state index contributed by atoms with van der Waals surface area (Å²) in [6.07, 6.45) is 46.0. The first kappa shape index (κ1) is 37.5. The van der Waals surface area contributed by atoms with Gasteiger partial charge in [0.15, 0.2) is 12.8 Å². The molecule has 0 fully saturated rings. The Morgan fingerprint density at radius 3 is 0.868 bits per heavy atom. The summed E-state index contributed by atoms with van der Waals surface area (Å²) in [4.78, 5) is 0. The van der Waals surface area contributed by atoms with Gasteiger partial charge >= 0.3 is 0 Å². The van der Waals surface area contributed by atoms with Crippen molar-refractivity contribution >= 4 is 6.21 Å². The lowest BCUT2D eigenvalue weighted by atomic mass is 10.0. The topological polar surface area (TPSA) is 26.1 Å². The molecule has 0 saturated carbocycles. The van der Waals surface area contributed by atoms with E-state index >= 15 is 0 Å². The standard InChI is InChI=1S/C36H73NO/c1-3-5-7-9-11-13-15-17-19-21-23-25-27-29-31-33-35-37(38)36-34-32-30-28-26-24-22-20-18-16-14-12-10-8-6-4-2/h35H,3-34,36H2,1-2H3/b37-35-. The molecule has 0 aromatic rings.